The van der Waals surface area contributed by atoms with Gasteiger partial charge >= 0.3 is 6.18 Å². The van der Waals surface area contributed by atoms with Crippen LogP contribution in [0.4, 0.5) is 13.2 Å². The number of aromatic nitrogens is 2. The van der Waals surface area contributed by atoms with Gasteiger partial charge < -0.3 is 15.2 Å². The number of carbonyl (C=O) groups is 2. The molecule has 174 valence electrons. The topological polar surface area (TPSA) is 78.1 Å². The molecule has 2 aromatic carbocycles. The van der Waals surface area contributed by atoms with Crippen LogP contribution in [0.1, 0.15) is 57.4 Å². The largest absolute Gasteiger partial charge is 0.391 e. The van der Waals surface area contributed by atoms with Gasteiger partial charge in [0, 0.05) is 29.2 Å². The number of imidazole rings is 1. The molecule has 1 aromatic heterocycles. The van der Waals surface area contributed by atoms with E-state index in [1.54, 1.807) is 30.0 Å². The summed E-state index contributed by atoms with van der Waals surface area (Å²) in [6, 6.07) is 7.83. The zero-order valence-electron chi connectivity index (χ0n) is 17.8. The average molecular weight is 479 g/mol. The van der Waals surface area contributed by atoms with Crippen molar-refractivity contribution in [1.82, 2.24) is 20.2 Å². The number of amides is 2. The van der Waals surface area contributed by atoms with E-state index in [-0.39, 0.29) is 17.3 Å². The Hall–Kier alpha value is -3.07. The van der Waals surface area contributed by atoms with Crippen molar-refractivity contribution in [2.24, 2.45) is 0 Å². The molecule has 1 atom stereocenters. The Balaban J connectivity index is 1.57. The van der Waals surface area contributed by atoms with Gasteiger partial charge in [-0.3, -0.25) is 9.59 Å². The number of fused-ring (bicyclic) bond motifs is 1. The van der Waals surface area contributed by atoms with Crippen LogP contribution in [0.3, 0.4) is 0 Å². The molecule has 1 unspecified atom stereocenters. The van der Waals surface area contributed by atoms with E-state index in [1.807, 2.05) is 0 Å². The predicted octanol–water partition coefficient (Wildman–Crippen LogP) is 5.18. The Labute approximate surface area is 193 Å². The van der Waals surface area contributed by atoms with E-state index in [0.717, 1.165) is 12.8 Å². The molecular formula is C23H22ClF3N4O2. The van der Waals surface area contributed by atoms with Crippen molar-refractivity contribution < 1.29 is 22.8 Å². The summed E-state index contributed by atoms with van der Waals surface area (Å²) >= 11 is 5.94. The number of aromatic amines is 1. The lowest BCUT2D eigenvalue weighted by Gasteiger charge is -2.19. The Bertz CT molecular complexity index is 1200. The van der Waals surface area contributed by atoms with Crippen LogP contribution in [0.15, 0.2) is 36.4 Å². The molecule has 3 aromatic rings. The number of hydrogen-bond donors (Lipinski definition) is 2. The summed E-state index contributed by atoms with van der Waals surface area (Å²) in [6.07, 6.45) is -3.91. The summed E-state index contributed by atoms with van der Waals surface area (Å²) in [4.78, 5) is 34.3. The second-order valence-corrected chi connectivity index (χ2v) is 8.59. The molecule has 0 saturated carbocycles. The monoisotopic (exact) mass is 478 g/mol. The highest BCUT2D eigenvalue weighted by molar-refractivity contribution is 6.31. The summed E-state index contributed by atoms with van der Waals surface area (Å²) in [7, 11) is 0. The first-order chi connectivity index (χ1) is 15.6. The molecule has 1 aliphatic rings. The normalized spacial score (nSPS) is 15.1. The van der Waals surface area contributed by atoms with Crippen molar-refractivity contribution in [3.8, 4) is 0 Å². The summed E-state index contributed by atoms with van der Waals surface area (Å²) in [6.45, 7) is 3.10. The van der Waals surface area contributed by atoms with E-state index in [1.165, 1.54) is 18.2 Å². The lowest BCUT2D eigenvalue weighted by atomic mass is 10.0. The fourth-order valence-electron chi connectivity index (χ4n) is 3.99. The second kappa shape index (κ2) is 9.05. The van der Waals surface area contributed by atoms with E-state index in [9.17, 15) is 22.8 Å². The van der Waals surface area contributed by atoms with Crippen LogP contribution in [0.2, 0.25) is 5.02 Å². The number of benzene rings is 2. The molecular weight excluding hydrogens is 457 g/mol. The molecule has 0 radical (unpaired) electrons. The average Bonchev–Trinajstić information content (AvgIpc) is 3.41. The van der Waals surface area contributed by atoms with E-state index in [0.29, 0.717) is 40.3 Å². The summed E-state index contributed by atoms with van der Waals surface area (Å²) in [5.74, 6) is -0.811. The van der Waals surface area contributed by atoms with E-state index < -0.39 is 24.5 Å². The zero-order valence-corrected chi connectivity index (χ0v) is 18.6. The summed E-state index contributed by atoms with van der Waals surface area (Å²) < 4.78 is 39.8. The number of likely N-dealkylation sites (tertiary alicyclic amines) is 1. The van der Waals surface area contributed by atoms with Crippen LogP contribution in [0, 0.1) is 6.92 Å². The molecule has 0 bridgehead atoms. The quantitative estimate of drug-likeness (QED) is 0.530. The van der Waals surface area contributed by atoms with E-state index in [4.69, 9.17) is 11.6 Å². The maximum atomic E-state index is 13.3. The molecule has 6 nitrogen and oxygen atoms in total. The minimum atomic E-state index is -4.53. The number of rotatable bonds is 5. The number of aryl methyl sites for hydroxylation is 1. The smallest absolute Gasteiger partial charge is 0.342 e. The van der Waals surface area contributed by atoms with Gasteiger partial charge in [0.2, 0.25) is 0 Å². The molecule has 0 spiro atoms. The van der Waals surface area contributed by atoms with E-state index >= 15 is 0 Å². The molecule has 1 fully saturated rings. The van der Waals surface area contributed by atoms with Gasteiger partial charge in [0.05, 0.1) is 23.5 Å². The summed E-state index contributed by atoms with van der Waals surface area (Å²) in [5, 5.41) is 2.83. The van der Waals surface area contributed by atoms with Gasteiger partial charge in [0.15, 0.2) is 0 Å². The first-order valence-electron chi connectivity index (χ1n) is 10.5. The van der Waals surface area contributed by atoms with E-state index in [2.05, 4.69) is 15.3 Å². The Morgan fingerprint density at radius 3 is 2.58 bits per heavy atom. The third-order valence-electron chi connectivity index (χ3n) is 5.65. The maximum Gasteiger partial charge on any atom is 0.391 e. The number of nitrogens with one attached hydrogen (secondary N) is 2. The zero-order chi connectivity index (χ0) is 23.8. The molecule has 1 saturated heterocycles. The Morgan fingerprint density at radius 2 is 1.91 bits per heavy atom. The maximum absolute atomic E-state index is 13.3. The first-order valence-corrected chi connectivity index (χ1v) is 10.9. The van der Waals surface area contributed by atoms with Crippen LogP contribution < -0.4 is 5.32 Å². The SMILES string of the molecule is Cc1cc(C(=O)NC(CC(F)(F)F)c2nc3cc(Cl)ccc3[nH]2)ccc1C(=O)N1CCCC1. The van der Waals surface area contributed by atoms with Crippen LogP contribution in [0.5, 0.6) is 0 Å². The third-order valence-corrected chi connectivity index (χ3v) is 5.88. The lowest BCUT2D eigenvalue weighted by molar-refractivity contribution is -0.140. The van der Waals surface area contributed by atoms with Gasteiger partial charge in [-0.2, -0.15) is 13.2 Å². The number of nitrogens with zero attached hydrogens (tertiary/aromatic N) is 2. The molecule has 10 heteroatoms. The molecule has 2 heterocycles. The fraction of sp³-hybridized carbons (Fsp3) is 0.348. The van der Waals surface area contributed by atoms with Gasteiger partial charge in [-0.1, -0.05) is 11.6 Å². The number of alkyl halides is 3. The molecule has 33 heavy (non-hydrogen) atoms. The third kappa shape index (κ3) is 5.30. The number of H-pyrrole nitrogens is 1. The van der Waals surface area contributed by atoms with Crippen LogP contribution >= 0.6 is 11.6 Å². The van der Waals surface area contributed by atoms with Gasteiger partial charge in [-0.25, -0.2) is 4.98 Å². The first kappa shape index (κ1) is 23.1. The predicted molar refractivity (Wildman–Crippen MR) is 118 cm³/mol. The molecule has 0 aliphatic carbocycles. The number of hydrogen-bond acceptors (Lipinski definition) is 3. The van der Waals surface area contributed by atoms with Gasteiger partial charge in [-0.15, -0.1) is 0 Å². The van der Waals surface area contributed by atoms with Crippen molar-refractivity contribution in [3.63, 3.8) is 0 Å². The van der Waals surface area contributed by atoms with Crippen molar-refractivity contribution in [1.29, 1.82) is 0 Å². The van der Waals surface area contributed by atoms with Crippen molar-refractivity contribution in [3.05, 3.63) is 63.9 Å². The molecule has 1 aliphatic heterocycles. The number of halogens is 4. The van der Waals surface area contributed by atoms with Crippen LogP contribution in [-0.4, -0.2) is 45.9 Å². The highest BCUT2D eigenvalue weighted by Gasteiger charge is 2.35. The van der Waals surface area contributed by atoms with Crippen molar-refractivity contribution in [2.75, 3.05) is 13.1 Å². The standard InChI is InChI=1S/C23H22ClF3N4O2/c1-13-10-14(4-6-16(13)22(33)31-8-2-3-9-31)21(32)30-19(12-23(25,26)27)20-28-17-7-5-15(24)11-18(17)29-20/h4-7,10-11,19H,2-3,8-9,12H2,1H3,(H,28,29)(H,30,32). The van der Waals surface area contributed by atoms with Crippen LogP contribution in [-0.2, 0) is 0 Å². The highest BCUT2D eigenvalue weighted by Crippen LogP contribution is 2.30. The van der Waals surface area contributed by atoms with Gasteiger partial charge in [0.25, 0.3) is 11.8 Å². The fourth-order valence-corrected chi connectivity index (χ4v) is 4.15. The summed E-state index contributed by atoms with van der Waals surface area (Å²) in [5.41, 5.74) is 2.15. The van der Waals surface area contributed by atoms with Gasteiger partial charge in [-0.05, 0) is 61.7 Å². The minimum absolute atomic E-state index is 0.0181. The minimum Gasteiger partial charge on any atom is -0.342 e. The Kier molecular flexibility index (Phi) is 6.34. The second-order valence-electron chi connectivity index (χ2n) is 8.16. The van der Waals surface area contributed by atoms with Crippen LogP contribution in [0.25, 0.3) is 11.0 Å². The highest BCUT2D eigenvalue weighted by atomic mass is 35.5. The number of carbonyl (C=O) groups excluding carboxylic acids is 2. The van der Waals surface area contributed by atoms with Crippen molar-refractivity contribution >= 4 is 34.4 Å². The molecule has 2 N–H and O–H groups in total. The van der Waals surface area contributed by atoms with Crippen molar-refractivity contribution in [2.45, 2.75) is 38.4 Å². The van der Waals surface area contributed by atoms with Gasteiger partial charge in [0.1, 0.15) is 5.82 Å². The Morgan fingerprint density at radius 1 is 1.18 bits per heavy atom. The molecule has 2 amide bonds. The molecule has 4 rings (SSSR count). The lowest BCUT2D eigenvalue weighted by Crippen LogP contribution is -2.33.